The number of para-hydroxylation sites is 1. The third-order valence-electron chi connectivity index (χ3n) is 2.92. The van der Waals surface area contributed by atoms with Gasteiger partial charge in [0.2, 0.25) is 0 Å². The lowest BCUT2D eigenvalue weighted by Crippen LogP contribution is -2.23. The Kier molecular flexibility index (Phi) is 6.14. The summed E-state index contributed by atoms with van der Waals surface area (Å²) < 4.78 is 30.8. The van der Waals surface area contributed by atoms with Gasteiger partial charge < -0.3 is 10.1 Å². The number of rotatable bonds is 7. The molecule has 2 rings (SSSR count). The van der Waals surface area contributed by atoms with Gasteiger partial charge in [0.1, 0.15) is 5.75 Å². The molecule has 2 aromatic rings. The Hall–Kier alpha value is -0.980. The Morgan fingerprint density at radius 1 is 1.24 bits per heavy atom. The van der Waals surface area contributed by atoms with Crippen LogP contribution in [-0.4, -0.2) is 13.2 Å². The van der Waals surface area contributed by atoms with Crippen LogP contribution in [0.4, 0.5) is 8.78 Å². The molecule has 1 atom stereocenters. The summed E-state index contributed by atoms with van der Waals surface area (Å²) in [4.78, 5) is 1.06. The van der Waals surface area contributed by atoms with Crippen LogP contribution in [-0.2, 0) is 0 Å². The van der Waals surface area contributed by atoms with Crippen molar-refractivity contribution in [3.8, 4) is 5.75 Å². The molecule has 21 heavy (non-hydrogen) atoms. The monoisotopic (exact) mass is 375 g/mol. The summed E-state index contributed by atoms with van der Waals surface area (Å²) in [6, 6.07) is 10.7. The van der Waals surface area contributed by atoms with Crippen molar-refractivity contribution in [2.45, 2.75) is 26.0 Å². The molecule has 0 aliphatic rings. The lowest BCUT2D eigenvalue weighted by molar-refractivity contribution is -0.0506. The van der Waals surface area contributed by atoms with Crippen molar-refractivity contribution in [1.82, 2.24) is 5.32 Å². The van der Waals surface area contributed by atoms with E-state index in [1.165, 1.54) is 0 Å². The number of nitrogens with one attached hydrogen (secondary N) is 1. The molecule has 114 valence electrons. The van der Waals surface area contributed by atoms with Gasteiger partial charge in [-0.15, -0.1) is 11.3 Å². The van der Waals surface area contributed by atoms with Crippen LogP contribution in [0, 0.1) is 0 Å². The van der Waals surface area contributed by atoms with E-state index in [0.717, 1.165) is 27.2 Å². The maximum absolute atomic E-state index is 12.6. The number of thiophene rings is 1. The first-order chi connectivity index (χ1) is 10.1. The van der Waals surface area contributed by atoms with Crippen LogP contribution in [0.2, 0.25) is 0 Å². The van der Waals surface area contributed by atoms with Crippen LogP contribution in [0.3, 0.4) is 0 Å². The molecule has 1 aromatic carbocycles. The SMILES string of the molecule is CCCNC(c1ccc(Br)s1)c1ccccc1OC(F)F. The molecule has 0 saturated carbocycles. The summed E-state index contributed by atoms with van der Waals surface area (Å²) in [5.74, 6) is 0.214. The molecule has 1 unspecified atom stereocenters. The molecule has 0 amide bonds. The topological polar surface area (TPSA) is 21.3 Å². The second-order valence-corrected chi connectivity index (χ2v) is 6.94. The Morgan fingerprint density at radius 2 is 2.00 bits per heavy atom. The number of hydrogen-bond donors (Lipinski definition) is 1. The molecule has 0 bridgehead atoms. The van der Waals surface area contributed by atoms with E-state index in [1.807, 2.05) is 24.3 Å². The van der Waals surface area contributed by atoms with Crippen LogP contribution in [0.25, 0.3) is 0 Å². The second-order valence-electron chi connectivity index (χ2n) is 4.45. The van der Waals surface area contributed by atoms with Crippen LogP contribution >= 0.6 is 27.3 Å². The molecule has 2 nitrogen and oxygen atoms in total. The molecule has 0 radical (unpaired) electrons. The minimum atomic E-state index is -2.83. The van der Waals surface area contributed by atoms with Crippen molar-refractivity contribution >= 4 is 27.3 Å². The van der Waals surface area contributed by atoms with E-state index in [-0.39, 0.29) is 11.8 Å². The van der Waals surface area contributed by atoms with Crippen LogP contribution in [0.5, 0.6) is 5.75 Å². The maximum atomic E-state index is 12.6. The average molecular weight is 376 g/mol. The van der Waals surface area contributed by atoms with E-state index in [4.69, 9.17) is 0 Å². The fourth-order valence-corrected chi connectivity index (χ4v) is 3.58. The highest BCUT2D eigenvalue weighted by Gasteiger charge is 2.20. The fourth-order valence-electron chi connectivity index (χ4n) is 2.06. The Morgan fingerprint density at radius 3 is 2.62 bits per heavy atom. The maximum Gasteiger partial charge on any atom is 0.387 e. The standard InChI is InChI=1S/C15H16BrF2NOS/c1-2-9-19-14(12-7-8-13(16)21-12)10-5-3-4-6-11(10)20-15(17)18/h3-8,14-15,19H,2,9H2,1H3. The molecular weight excluding hydrogens is 360 g/mol. The zero-order chi connectivity index (χ0) is 15.2. The summed E-state index contributed by atoms with van der Waals surface area (Å²) >= 11 is 5.02. The molecule has 0 saturated heterocycles. The van der Waals surface area contributed by atoms with Crippen molar-refractivity contribution in [3.05, 3.63) is 50.6 Å². The molecule has 0 aliphatic heterocycles. The lowest BCUT2D eigenvalue weighted by atomic mass is 10.0. The fraction of sp³-hybridized carbons (Fsp3) is 0.333. The van der Waals surface area contributed by atoms with Crippen molar-refractivity contribution in [2.24, 2.45) is 0 Å². The van der Waals surface area contributed by atoms with E-state index in [2.05, 4.69) is 32.9 Å². The second kappa shape index (κ2) is 7.87. The first-order valence-corrected chi connectivity index (χ1v) is 8.25. The van der Waals surface area contributed by atoms with Gasteiger partial charge in [0.15, 0.2) is 0 Å². The Bertz CT molecular complexity index is 576. The highest BCUT2D eigenvalue weighted by molar-refractivity contribution is 9.11. The third kappa shape index (κ3) is 4.49. The van der Waals surface area contributed by atoms with Gasteiger partial charge in [-0.2, -0.15) is 8.78 Å². The molecule has 0 aliphatic carbocycles. The summed E-state index contributed by atoms with van der Waals surface area (Å²) in [5, 5.41) is 3.39. The zero-order valence-electron chi connectivity index (χ0n) is 11.5. The van der Waals surface area contributed by atoms with E-state index in [9.17, 15) is 8.78 Å². The van der Waals surface area contributed by atoms with Gasteiger partial charge in [-0.25, -0.2) is 0 Å². The molecule has 1 aromatic heterocycles. The molecule has 6 heteroatoms. The van der Waals surface area contributed by atoms with Crippen LogP contribution < -0.4 is 10.1 Å². The summed E-state index contributed by atoms with van der Waals surface area (Å²) in [6.07, 6.45) is 0.959. The normalized spacial score (nSPS) is 12.6. The van der Waals surface area contributed by atoms with Crippen molar-refractivity contribution in [1.29, 1.82) is 0 Å². The highest BCUT2D eigenvalue weighted by atomic mass is 79.9. The van der Waals surface area contributed by atoms with Crippen molar-refractivity contribution in [3.63, 3.8) is 0 Å². The predicted octanol–water partition coefficient (Wildman–Crippen LogP) is 5.20. The largest absolute Gasteiger partial charge is 0.434 e. The third-order valence-corrected chi connectivity index (χ3v) is 4.61. The molecule has 1 heterocycles. The van der Waals surface area contributed by atoms with Gasteiger partial charge in [-0.05, 0) is 47.1 Å². The van der Waals surface area contributed by atoms with E-state index in [1.54, 1.807) is 23.5 Å². The van der Waals surface area contributed by atoms with Gasteiger partial charge in [0.05, 0.1) is 9.83 Å². The Labute approximate surface area is 135 Å². The minimum Gasteiger partial charge on any atom is -0.434 e. The van der Waals surface area contributed by atoms with Gasteiger partial charge in [0, 0.05) is 10.4 Å². The molecular formula is C15H16BrF2NOS. The number of benzene rings is 1. The van der Waals surface area contributed by atoms with Gasteiger partial charge >= 0.3 is 6.61 Å². The van der Waals surface area contributed by atoms with Gasteiger partial charge in [0.25, 0.3) is 0 Å². The summed E-state index contributed by atoms with van der Waals surface area (Å²) in [7, 11) is 0. The van der Waals surface area contributed by atoms with Crippen LogP contribution in [0.15, 0.2) is 40.2 Å². The van der Waals surface area contributed by atoms with E-state index in [0.29, 0.717) is 0 Å². The lowest BCUT2D eigenvalue weighted by Gasteiger charge is -2.20. The highest BCUT2D eigenvalue weighted by Crippen LogP contribution is 2.35. The predicted molar refractivity (Wildman–Crippen MR) is 85.2 cm³/mol. The average Bonchev–Trinajstić information content (AvgIpc) is 2.87. The number of ether oxygens (including phenoxy) is 1. The Balaban J connectivity index is 2.36. The van der Waals surface area contributed by atoms with Crippen molar-refractivity contribution in [2.75, 3.05) is 6.54 Å². The number of halogens is 3. The van der Waals surface area contributed by atoms with Gasteiger partial charge in [-0.1, -0.05) is 25.1 Å². The first kappa shape index (κ1) is 16.4. The van der Waals surface area contributed by atoms with Crippen LogP contribution in [0.1, 0.15) is 29.8 Å². The van der Waals surface area contributed by atoms with E-state index >= 15 is 0 Å². The smallest absolute Gasteiger partial charge is 0.387 e. The van der Waals surface area contributed by atoms with Gasteiger partial charge in [-0.3, -0.25) is 0 Å². The summed E-state index contributed by atoms with van der Waals surface area (Å²) in [6.45, 7) is 0.0344. The van der Waals surface area contributed by atoms with E-state index < -0.39 is 6.61 Å². The zero-order valence-corrected chi connectivity index (χ0v) is 13.9. The van der Waals surface area contributed by atoms with Crippen molar-refractivity contribution < 1.29 is 13.5 Å². The number of hydrogen-bond acceptors (Lipinski definition) is 3. The number of alkyl halides is 2. The molecule has 1 N–H and O–H groups in total. The quantitative estimate of drug-likeness (QED) is 0.717. The summed E-state index contributed by atoms with van der Waals surface area (Å²) in [5.41, 5.74) is 0.723. The minimum absolute atomic E-state index is 0.156. The molecule has 0 fully saturated rings. The first-order valence-electron chi connectivity index (χ1n) is 6.64. The molecule has 0 spiro atoms.